The zero-order valence-electron chi connectivity index (χ0n) is 21.2. The number of ether oxygens (including phenoxy) is 3. The Morgan fingerprint density at radius 3 is 2.27 bits per heavy atom. The largest absolute Gasteiger partial charge is 0.466 e. The first-order chi connectivity index (χ1) is 17.1. The van der Waals surface area contributed by atoms with Gasteiger partial charge in [0, 0.05) is 23.9 Å². The van der Waals surface area contributed by atoms with Crippen LogP contribution in [0, 0.1) is 17.8 Å². The van der Waals surface area contributed by atoms with Gasteiger partial charge in [-0.15, -0.1) is 0 Å². The van der Waals surface area contributed by atoms with Crippen LogP contribution in [0.15, 0.2) is 24.3 Å². The van der Waals surface area contributed by atoms with Crippen LogP contribution in [-0.2, 0) is 30.0 Å². The fraction of sp³-hybridized carbons (Fsp3) is 0.600. The van der Waals surface area contributed by atoms with Crippen LogP contribution in [0.25, 0.3) is 0 Å². The minimum atomic E-state index is -4.64. The van der Waals surface area contributed by atoms with Gasteiger partial charge in [0.15, 0.2) is 0 Å². The SMILES string of the molecule is CCOC(=O)[C@H]1C2C(NC(=O)c3cccc(C(F)(F)F)c3)CC(NC(=O)OC(C)(C)C)(C(=O)OCC)C21. The number of nitrogens with one attached hydrogen (secondary N) is 2. The maximum atomic E-state index is 13.2. The van der Waals surface area contributed by atoms with Crippen LogP contribution < -0.4 is 10.6 Å². The Morgan fingerprint density at radius 2 is 1.70 bits per heavy atom. The molecular formula is C25H31F3N2O7. The molecule has 0 spiro atoms. The molecule has 204 valence electrons. The van der Waals surface area contributed by atoms with Crippen molar-refractivity contribution >= 4 is 23.9 Å². The number of carbonyl (C=O) groups excluding carboxylic acids is 4. The highest BCUT2D eigenvalue weighted by molar-refractivity contribution is 5.96. The number of hydrogen-bond donors (Lipinski definition) is 2. The molecule has 2 aliphatic rings. The highest BCUT2D eigenvalue weighted by Gasteiger charge is 2.76. The molecule has 37 heavy (non-hydrogen) atoms. The number of esters is 2. The van der Waals surface area contributed by atoms with Gasteiger partial charge in [-0.25, -0.2) is 9.59 Å². The standard InChI is InChI=1S/C25H31F3N2O7/c1-6-35-20(32)17-16-15(29-19(31)13-9-8-10-14(11-13)25(26,27)28)12-24(18(16)17,21(33)36-7-2)30-22(34)37-23(3,4)5/h8-11,15-18H,6-7,12H2,1-5H3,(H,29,31)(H,30,34)/t15?,16?,17-,18?,24?/m0/s1. The molecule has 0 radical (unpaired) electrons. The summed E-state index contributed by atoms with van der Waals surface area (Å²) in [4.78, 5) is 51.6. The lowest BCUT2D eigenvalue weighted by Gasteiger charge is -2.33. The Hall–Kier alpha value is -3.31. The second kappa shape index (κ2) is 10.2. The average Bonchev–Trinajstić information content (AvgIpc) is 3.45. The van der Waals surface area contributed by atoms with Crippen molar-refractivity contribution in [1.29, 1.82) is 0 Å². The van der Waals surface area contributed by atoms with E-state index in [0.717, 1.165) is 18.2 Å². The fourth-order valence-corrected chi connectivity index (χ4v) is 5.02. The lowest BCUT2D eigenvalue weighted by molar-refractivity contribution is -0.153. The van der Waals surface area contributed by atoms with E-state index >= 15 is 0 Å². The molecule has 2 amide bonds. The molecule has 2 N–H and O–H groups in total. The van der Waals surface area contributed by atoms with Crippen molar-refractivity contribution in [3.63, 3.8) is 0 Å². The quantitative estimate of drug-likeness (QED) is 0.411. The summed E-state index contributed by atoms with van der Waals surface area (Å²) in [6, 6.07) is 3.05. The van der Waals surface area contributed by atoms with Gasteiger partial charge in [0.1, 0.15) is 11.1 Å². The smallest absolute Gasteiger partial charge is 0.416 e. The predicted molar refractivity (Wildman–Crippen MR) is 123 cm³/mol. The highest BCUT2D eigenvalue weighted by Crippen LogP contribution is 2.63. The van der Waals surface area contributed by atoms with Crippen molar-refractivity contribution in [2.24, 2.45) is 17.8 Å². The molecule has 0 aromatic heterocycles. The van der Waals surface area contributed by atoms with Crippen molar-refractivity contribution in [2.75, 3.05) is 13.2 Å². The molecular weight excluding hydrogens is 497 g/mol. The van der Waals surface area contributed by atoms with E-state index in [4.69, 9.17) is 14.2 Å². The molecule has 1 aromatic rings. The minimum absolute atomic E-state index is 0.0146. The third-order valence-electron chi connectivity index (χ3n) is 6.34. The van der Waals surface area contributed by atoms with Crippen LogP contribution in [-0.4, -0.2) is 54.3 Å². The van der Waals surface area contributed by atoms with Gasteiger partial charge in [-0.3, -0.25) is 9.59 Å². The summed E-state index contributed by atoms with van der Waals surface area (Å²) < 4.78 is 55.1. The van der Waals surface area contributed by atoms with Crippen molar-refractivity contribution < 1.29 is 46.6 Å². The number of halogens is 3. The number of rotatable bonds is 7. The number of amides is 2. The van der Waals surface area contributed by atoms with Crippen LogP contribution in [0.1, 0.15) is 57.0 Å². The summed E-state index contributed by atoms with van der Waals surface area (Å²) in [6.45, 7) is 8.16. The number of carbonyl (C=O) groups is 4. The molecule has 5 atom stereocenters. The van der Waals surface area contributed by atoms with Gasteiger partial charge in [-0.05, 0) is 58.7 Å². The van der Waals surface area contributed by atoms with E-state index in [2.05, 4.69) is 10.6 Å². The first-order valence-electron chi connectivity index (χ1n) is 12.0. The van der Waals surface area contributed by atoms with E-state index in [1.165, 1.54) is 6.07 Å². The van der Waals surface area contributed by atoms with Crippen molar-refractivity contribution in [2.45, 2.75) is 64.4 Å². The first kappa shape index (κ1) is 28.3. The summed E-state index contributed by atoms with van der Waals surface area (Å²) in [7, 11) is 0. The second-order valence-electron chi connectivity index (χ2n) is 10.1. The Morgan fingerprint density at radius 1 is 1.05 bits per heavy atom. The summed E-state index contributed by atoms with van der Waals surface area (Å²) in [5, 5.41) is 5.23. The number of fused-ring (bicyclic) bond motifs is 1. The van der Waals surface area contributed by atoms with E-state index in [1.807, 2.05) is 0 Å². The molecule has 0 aliphatic heterocycles. The Bertz CT molecular complexity index is 1070. The van der Waals surface area contributed by atoms with Crippen LogP contribution >= 0.6 is 0 Å². The van der Waals surface area contributed by atoms with E-state index < -0.39 is 70.6 Å². The zero-order valence-corrected chi connectivity index (χ0v) is 21.2. The number of hydrogen-bond acceptors (Lipinski definition) is 7. The zero-order chi connectivity index (χ0) is 27.8. The van der Waals surface area contributed by atoms with Crippen LogP contribution in [0.5, 0.6) is 0 Å². The van der Waals surface area contributed by atoms with Crippen molar-refractivity contribution in [1.82, 2.24) is 10.6 Å². The van der Waals surface area contributed by atoms with Gasteiger partial charge in [0.05, 0.1) is 24.7 Å². The molecule has 0 bridgehead atoms. The van der Waals surface area contributed by atoms with E-state index in [9.17, 15) is 32.3 Å². The number of benzene rings is 1. The topological polar surface area (TPSA) is 120 Å². The Kier molecular flexibility index (Phi) is 7.80. The molecule has 2 aliphatic carbocycles. The van der Waals surface area contributed by atoms with Gasteiger partial charge < -0.3 is 24.8 Å². The van der Waals surface area contributed by atoms with Gasteiger partial charge in [0.25, 0.3) is 5.91 Å². The third-order valence-corrected chi connectivity index (χ3v) is 6.34. The van der Waals surface area contributed by atoms with Gasteiger partial charge >= 0.3 is 24.2 Å². The molecule has 9 nitrogen and oxygen atoms in total. The molecule has 4 unspecified atom stereocenters. The predicted octanol–water partition coefficient (Wildman–Crippen LogP) is 3.46. The maximum absolute atomic E-state index is 13.2. The molecule has 1 aromatic carbocycles. The fourth-order valence-electron chi connectivity index (χ4n) is 5.02. The first-order valence-corrected chi connectivity index (χ1v) is 12.0. The molecule has 2 saturated carbocycles. The van der Waals surface area contributed by atoms with Gasteiger partial charge in [-0.1, -0.05) is 6.07 Å². The van der Waals surface area contributed by atoms with Gasteiger partial charge in [0.2, 0.25) is 0 Å². The molecule has 3 rings (SSSR count). The average molecular weight is 529 g/mol. The molecule has 0 heterocycles. The van der Waals surface area contributed by atoms with Crippen molar-refractivity contribution in [3.8, 4) is 0 Å². The lowest BCUT2D eigenvalue weighted by atomic mass is 9.88. The van der Waals surface area contributed by atoms with Crippen LogP contribution in [0.4, 0.5) is 18.0 Å². The normalized spacial score (nSPS) is 26.5. The third kappa shape index (κ3) is 5.99. The second-order valence-corrected chi connectivity index (χ2v) is 10.1. The van der Waals surface area contributed by atoms with E-state index in [1.54, 1.807) is 34.6 Å². The summed E-state index contributed by atoms with van der Waals surface area (Å²) in [5.41, 5.74) is -3.84. The Labute approximate surface area is 212 Å². The van der Waals surface area contributed by atoms with E-state index in [-0.39, 0.29) is 25.2 Å². The summed E-state index contributed by atoms with van der Waals surface area (Å²) in [6.07, 6.45) is -5.71. The van der Waals surface area contributed by atoms with E-state index in [0.29, 0.717) is 0 Å². The van der Waals surface area contributed by atoms with Crippen molar-refractivity contribution in [3.05, 3.63) is 35.4 Å². The minimum Gasteiger partial charge on any atom is -0.466 e. The number of alkyl carbamates (subject to hydrolysis) is 1. The van der Waals surface area contributed by atoms with Gasteiger partial charge in [-0.2, -0.15) is 13.2 Å². The molecule has 2 fully saturated rings. The summed E-state index contributed by atoms with van der Waals surface area (Å²) >= 11 is 0. The monoisotopic (exact) mass is 528 g/mol. The Balaban J connectivity index is 1.93. The molecule has 12 heteroatoms. The highest BCUT2D eigenvalue weighted by atomic mass is 19.4. The maximum Gasteiger partial charge on any atom is 0.416 e. The number of alkyl halides is 3. The van der Waals surface area contributed by atoms with Crippen LogP contribution in [0.2, 0.25) is 0 Å². The molecule has 0 saturated heterocycles. The lowest BCUT2D eigenvalue weighted by Crippen LogP contribution is -2.59. The van der Waals surface area contributed by atoms with Crippen LogP contribution in [0.3, 0.4) is 0 Å². The summed E-state index contributed by atoms with van der Waals surface area (Å²) in [5.74, 6) is -4.48.